The third kappa shape index (κ3) is 3.14. The van der Waals surface area contributed by atoms with E-state index in [0.717, 1.165) is 46.5 Å². The topological polar surface area (TPSA) is 59.3 Å². The van der Waals surface area contributed by atoms with Crippen molar-refractivity contribution >= 4 is 22.8 Å². The normalized spacial score (nSPS) is 25.3. The Morgan fingerprint density at radius 3 is 3.00 bits per heavy atom. The number of nitrogens with zero attached hydrogens (tertiary/aromatic N) is 3. The Bertz CT molecular complexity index is 1260. The number of hydrogen-bond donors (Lipinski definition) is 1. The number of pyridine rings is 1. The average Bonchev–Trinajstić information content (AvgIpc) is 3.43. The van der Waals surface area contributed by atoms with E-state index in [2.05, 4.69) is 24.3 Å². The molecule has 2 aliphatic rings. The number of carbonyl (C=O) groups excluding carboxylic acids is 1. The molecule has 5 nitrogen and oxygen atoms in total. The predicted octanol–water partition coefficient (Wildman–Crippen LogP) is 5.63. The third-order valence-electron chi connectivity index (χ3n) is 6.93. The van der Waals surface area contributed by atoms with Gasteiger partial charge in [0.05, 0.1) is 22.9 Å². The fourth-order valence-electron chi connectivity index (χ4n) is 5.10. The van der Waals surface area contributed by atoms with E-state index in [1.54, 1.807) is 22.9 Å². The zero-order valence-electron chi connectivity index (χ0n) is 17.9. The van der Waals surface area contributed by atoms with E-state index in [9.17, 15) is 9.18 Å². The number of aryl methyl sites for hydroxylation is 1. The summed E-state index contributed by atoms with van der Waals surface area (Å²) in [5, 5.41) is 8.07. The summed E-state index contributed by atoms with van der Waals surface area (Å²) < 4.78 is 15.9. The molecule has 7 heteroatoms. The van der Waals surface area contributed by atoms with Gasteiger partial charge in [0.15, 0.2) is 5.01 Å². The van der Waals surface area contributed by atoms with Gasteiger partial charge < -0.3 is 5.32 Å². The number of rotatable bonds is 4. The van der Waals surface area contributed by atoms with Crippen molar-refractivity contribution in [3.05, 3.63) is 64.0 Å². The molecular weight excluding hydrogens is 411 g/mol. The van der Waals surface area contributed by atoms with Crippen LogP contribution in [0, 0.1) is 12.3 Å². The van der Waals surface area contributed by atoms with Crippen molar-refractivity contribution in [2.75, 3.05) is 0 Å². The highest BCUT2D eigenvalue weighted by Gasteiger charge is 2.50. The predicted molar refractivity (Wildman–Crippen MR) is 121 cm³/mol. The lowest BCUT2D eigenvalue weighted by molar-refractivity contribution is 0.0911. The highest BCUT2D eigenvalue weighted by atomic mass is 32.1. The number of thiazole rings is 1. The maximum Gasteiger partial charge on any atom is 0.280 e. The average molecular weight is 437 g/mol. The highest BCUT2D eigenvalue weighted by Crippen LogP contribution is 2.54. The van der Waals surface area contributed by atoms with Crippen molar-refractivity contribution in [2.24, 2.45) is 5.41 Å². The number of amides is 1. The number of halogens is 1. The van der Waals surface area contributed by atoms with Crippen LogP contribution in [0.1, 0.15) is 54.2 Å². The van der Waals surface area contributed by atoms with E-state index < -0.39 is 5.54 Å². The third-order valence-corrected chi connectivity index (χ3v) is 7.90. The van der Waals surface area contributed by atoms with E-state index in [-0.39, 0.29) is 17.1 Å². The molecule has 1 fully saturated rings. The zero-order valence-corrected chi connectivity index (χ0v) is 18.7. The standard InChI is InChI=1S/C24H25FN4OS/c1-4-24(11-10-23(3)9-8-16(25)13-19(23)24)28-21(30)22-27-20(15(2)31-22)17-14-26-29-12-6-5-7-18(17)29/h5-8,12-14H,4,9-11H2,1-3H3,(H,28,30). The molecule has 1 N–H and O–H groups in total. The van der Waals surface area contributed by atoms with E-state index in [1.807, 2.05) is 31.3 Å². The largest absolute Gasteiger partial charge is 0.341 e. The van der Waals surface area contributed by atoms with Crippen molar-refractivity contribution in [1.82, 2.24) is 19.9 Å². The Labute approximate surface area is 184 Å². The molecule has 3 aromatic rings. The van der Waals surface area contributed by atoms with Crippen molar-refractivity contribution < 1.29 is 9.18 Å². The SMILES string of the molecule is CCC1(NC(=O)c2nc(-c3cnn4ccccc34)c(C)s2)CCC2(C)CC=C(F)C=C21. The van der Waals surface area contributed by atoms with Crippen LogP contribution >= 0.6 is 11.3 Å². The summed E-state index contributed by atoms with van der Waals surface area (Å²) in [6.07, 6.45) is 10.1. The fourth-order valence-corrected chi connectivity index (χ4v) is 5.92. The first kappa shape index (κ1) is 20.1. The smallest absolute Gasteiger partial charge is 0.280 e. The summed E-state index contributed by atoms with van der Waals surface area (Å²) in [6.45, 7) is 6.20. The van der Waals surface area contributed by atoms with Gasteiger partial charge in [-0.2, -0.15) is 5.10 Å². The number of aromatic nitrogens is 3. The molecule has 0 saturated heterocycles. The maximum atomic E-state index is 14.1. The molecule has 5 rings (SSSR count). The molecule has 2 aliphatic carbocycles. The summed E-state index contributed by atoms with van der Waals surface area (Å²) in [7, 11) is 0. The molecule has 3 aromatic heterocycles. The van der Waals surface area contributed by atoms with E-state index in [0.29, 0.717) is 11.4 Å². The van der Waals surface area contributed by atoms with Gasteiger partial charge in [0.25, 0.3) is 5.91 Å². The van der Waals surface area contributed by atoms with Crippen molar-refractivity contribution in [1.29, 1.82) is 0 Å². The monoisotopic (exact) mass is 436 g/mol. The summed E-state index contributed by atoms with van der Waals surface area (Å²) in [6, 6.07) is 5.88. The van der Waals surface area contributed by atoms with Crippen LogP contribution in [0.15, 0.2) is 54.1 Å². The number of hydrogen-bond acceptors (Lipinski definition) is 4. The Morgan fingerprint density at radius 1 is 1.35 bits per heavy atom. The number of allylic oxidation sites excluding steroid dienone is 3. The molecule has 1 saturated carbocycles. The summed E-state index contributed by atoms with van der Waals surface area (Å²) in [5.74, 6) is -0.403. The quantitative estimate of drug-likeness (QED) is 0.577. The first-order valence-corrected chi connectivity index (χ1v) is 11.5. The Kier molecular flexibility index (Phi) is 4.62. The van der Waals surface area contributed by atoms with Crippen LogP contribution in [0.3, 0.4) is 0 Å². The van der Waals surface area contributed by atoms with Gasteiger partial charge >= 0.3 is 0 Å². The molecule has 31 heavy (non-hydrogen) atoms. The minimum Gasteiger partial charge on any atom is -0.341 e. The Hall–Kier alpha value is -2.80. The van der Waals surface area contributed by atoms with Gasteiger partial charge in [-0.3, -0.25) is 4.79 Å². The summed E-state index contributed by atoms with van der Waals surface area (Å²) >= 11 is 1.39. The van der Waals surface area contributed by atoms with Crippen LogP contribution in [0.4, 0.5) is 4.39 Å². The van der Waals surface area contributed by atoms with E-state index in [1.165, 1.54) is 11.3 Å². The van der Waals surface area contributed by atoms with Gasteiger partial charge in [-0.05, 0) is 67.9 Å². The van der Waals surface area contributed by atoms with Crippen LogP contribution in [0.5, 0.6) is 0 Å². The maximum absolute atomic E-state index is 14.1. The molecule has 160 valence electrons. The number of carbonyl (C=O) groups is 1. The van der Waals surface area contributed by atoms with E-state index >= 15 is 0 Å². The first-order chi connectivity index (χ1) is 14.8. The molecule has 2 unspecified atom stereocenters. The molecule has 0 radical (unpaired) electrons. The summed E-state index contributed by atoms with van der Waals surface area (Å²) in [5.41, 5.74) is 3.03. The molecule has 0 aromatic carbocycles. The van der Waals surface area contributed by atoms with Crippen molar-refractivity contribution in [2.45, 2.75) is 52.0 Å². The van der Waals surface area contributed by atoms with Crippen LogP contribution < -0.4 is 5.32 Å². The lowest BCUT2D eigenvalue weighted by atomic mass is 9.74. The minimum absolute atomic E-state index is 0.0973. The highest BCUT2D eigenvalue weighted by molar-refractivity contribution is 7.14. The van der Waals surface area contributed by atoms with Crippen molar-refractivity contribution in [3.8, 4) is 11.3 Å². The van der Waals surface area contributed by atoms with Crippen LogP contribution in [0.25, 0.3) is 16.8 Å². The second-order valence-corrected chi connectivity index (χ2v) is 10.0. The second kappa shape index (κ2) is 7.12. The minimum atomic E-state index is -0.526. The lowest BCUT2D eigenvalue weighted by Gasteiger charge is -2.37. The molecule has 0 spiro atoms. The van der Waals surface area contributed by atoms with Gasteiger partial charge in [-0.1, -0.05) is 19.9 Å². The summed E-state index contributed by atoms with van der Waals surface area (Å²) in [4.78, 5) is 19.0. The molecule has 3 heterocycles. The first-order valence-electron chi connectivity index (χ1n) is 10.7. The molecule has 2 atom stereocenters. The molecular formula is C24H25FN4OS. The van der Waals surface area contributed by atoms with Gasteiger partial charge in [-0.25, -0.2) is 13.9 Å². The van der Waals surface area contributed by atoms with Gasteiger partial charge in [0.1, 0.15) is 5.83 Å². The lowest BCUT2D eigenvalue weighted by Crippen LogP contribution is -2.48. The molecule has 1 amide bonds. The van der Waals surface area contributed by atoms with Crippen LogP contribution in [0.2, 0.25) is 0 Å². The fraction of sp³-hybridized carbons (Fsp3) is 0.375. The van der Waals surface area contributed by atoms with Gasteiger partial charge in [-0.15, -0.1) is 11.3 Å². The molecule has 0 aliphatic heterocycles. The Balaban J connectivity index is 1.48. The van der Waals surface area contributed by atoms with E-state index in [4.69, 9.17) is 4.98 Å². The van der Waals surface area contributed by atoms with Gasteiger partial charge in [0, 0.05) is 16.6 Å². The molecule has 0 bridgehead atoms. The number of nitrogens with one attached hydrogen (secondary N) is 1. The Morgan fingerprint density at radius 2 is 2.19 bits per heavy atom. The van der Waals surface area contributed by atoms with Crippen molar-refractivity contribution in [3.63, 3.8) is 0 Å². The zero-order chi connectivity index (χ0) is 21.8. The number of fused-ring (bicyclic) bond motifs is 2. The van der Waals surface area contributed by atoms with Gasteiger partial charge in [0.2, 0.25) is 0 Å². The van der Waals surface area contributed by atoms with Crippen LogP contribution in [-0.4, -0.2) is 26.0 Å². The van der Waals surface area contributed by atoms with Crippen LogP contribution in [-0.2, 0) is 0 Å². The second-order valence-electron chi connectivity index (χ2n) is 8.81.